The maximum absolute atomic E-state index is 11.2. The predicted molar refractivity (Wildman–Crippen MR) is 149 cm³/mol. The summed E-state index contributed by atoms with van der Waals surface area (Å²) in [7, 11) is 1.82. The zero-order chi connectivity index (χ0) is 27.2. The van der Waals surface area contributed by atoms with Crippen molar-refractivity contribution < 1.29 is 15.0 Å². The highest BCUT2D eigenvalue weighted by Crippen LogP contribution is 2.31. The number of aldehydes is 1. The number of fused-ring (bicyclic) bond motifs is 1. The molecule has 1 aromatic carbocycles. The number of nitrogens with one attached hydrogen (secondary N) is 2. The van der Waals surface area contributed by atoms with E-state index in [1.807, 2.05) is 24.9 Å². The molecule has 9 heteroatoms. The Bertz CT molecular complexity index is 1200. The molecule has 9 nitrogen and oxygen atoms in total. The van der Waals surface area contributed by atoms with Crippen molar-refractivity contribution in [1.82, 2.24) is 25.0 Å². The van der Waals surface area contributed by atoms with Gasteiger partial charge >= 0.3 is 0 Å². The summed E-state index contributed by atoms with van der Waals surface area (Å²) < 4.78 is 2.03. The number of hydrogen-bond acceptors (Lipinski definition) is 7. The second kappa shape index (κ2) is 12.5. The van der Waals surface area contributed by atoms with Crippen LogP contribution in [0.3, 0.4) is 0 Å². The number of rotatable bonds is 8. The number of likely N-dealkylation sites (N-methyl/N-ethyl adjacent to an activating group) is 1. The smallest absolute Gasteiger partial charge is 0.198 e. The molecule has 37 heavy (non-hydrogen) atoms. The van der Waals surface area contributed by atoms with Gasteiger partial charge < -0.3 is 25.4 Å². The summed E-state index contributed by atoms with van der Waals surface area (Å²) >= 11 is 0. The summed E-state index contributed by atoms with van der Waals surface area (Å²) in [5, 5.41) is 27.7. The molecule has 1 fully saturated rings. The number of benzene rings is 1. The van der Waals surface area contributed by atoms with Gasteiger partial charge in [-0.15, -0.1) is 0 Å². The van der Waals surface area contributed by atoms with E-state index in [1.165, 1.54) is 0 Å². The van der Waals surface area contributed by atoms with Crippen LogP contribution in [0.2, 0.25) is 0 Å². The van der Waals surface area contributed by atoms with E-state index in [-0.39, 0.29) is 5.88 Å². The topological polar surface area (TPSA) is 119 Å². The van der Waals surface area contributed by atoms with Gasteiger partial charge in [0.2, 0.25) is 0 Å². The quantitative estimate of drug-likeness (QED) is 0.263. The summed E-state index contributed by atoms with van der Waals surface area (Å²) in [6, 6.07) is 6.29. The van der Waals surface area contributed by atoms with Crippen molar-refractivity contribution in [2.24, 2.45) is 4.99 Å². The van der Waals surface area contributed by atoms with Crippen molar-refractivity contribution in [3.05, 3.63) is 41.7 Å². The predicted octanol–water partition coefficient (Wildman–Crippen LogP) is 4.44. The van der Waals surface area contributed by atoms with Crippen molar-refractivity contribution in [2.45, 2.75) is 71.6 Å². The van der Waals surface area contributed by atoms with Gasteiger partial charge in [0.25, 0.3) is 0 Å². The van der Waals surface area contributed by atoms with Crippen LogP contribution in [0.15, 0.2) is 35.6 Å². The highest BCUT2D eigenvalue weighted by Gasteiger charge is 2.23. The summed E-state index contributed by atoms with van der Waals surface area (Å²) in [5.41, 5.74) is 2.97. The van der Waals surface area contributed by atoms with E-state index in [1.54, 1.807) is 38.2 Å². The highest BCUT2D eigenvalue weighted by atomic mass is 16.3. The van der Waals surface area contributed by atoms with E-state index in [2.05, 4.69) is 34.1 Å². The Morgan fingerprint density at radius 3 is 2.57 bits per heavy atom. The molecule has 0 radical (unpaired) electrons. The zero-order valence-corrected chi connectivity index (χ0v) is 23.0. The van der Waals surface area contributed by atoms with E-state index in [9.17, 15) is 9.90 Å². The number of hydrogen-bond donors (Lipinski definition) is 4. The summed E-state index contributed by atoms with van der Waals surface area (Å²) in [6.45, 7) is 12.8. The molecule has 0 aliphatic carbocycles. The number of nitrogens with zero attached hydrogens (tertiary/aromatic N) is 4. The monoisotopic (exact) mass is 510 g/mol. The number of likely N-dealkylation sites (tertiary alicyclic amines) is 1. The molecule has 202 valence electrons. The standard InChI is InChI=1S/C23H29N5O2.C5H13NO/c1-4-20(22-19-11-16(14-29)5-6-21(19)26-23(22)30)25-17-12-24-28(13-17)18-7-9-27(10-8-18)15(2)3;1-5(2,7)4-6-3/h5-6,11-15,18,26,30H,4,7-10H2,1-3H3;6-7H,4H2,1-3H3. The Balaban J connectivity index is 0.000000479. The van der Waals surface area contributed by atoms with Crippen LogP contribution in [0.25, 0.3) is 10.9 Å². The molecule has 0 unspecified atom stereocenters. The second-order valence-corrected chi connectivity index (χ2v) is 10.6. The fourth-order valence-corrected chi connectivity index (χ4v) is 4.71. The number of aliphatic imine (C=N–C) groups is 1. The minimum Gasteiger partial charge on any atom is -0.494 e. The van der Waals surface area contributed by atoms with Crippen LogP contribution >= 0.6 is 0 Å². The number of piperidine rings is 1. The van der Waals surface area contributed by atoms with Crippen LogP contribution in [0, 0.1) is 0 Å². The Morgan fingerprint density at radius 1 is 1.32 bits per heavy atom. The molecule has 0 spiro atoms. The minimum atomic E-state index is -0.561. The number of carbonyl (C=O) groups excluding carboxylic acids is 1. The highest BCUT2D eigenvalue weighted by molar-refractivity contribution is 6.14. The lowest BCUT2D eigenvalue weighted by atomic mass is 10.0. The molecular weight excluding hydrogens is 468 g/mol. The van der Waals surface area contributed by atoms with E-state index in [4.69, 9.17) is 10.1 Å². The van der Waals surface area contributed by atoms with Gasteiger partial charge in [0.1, 0.15) is 12.0 Å². The van der Waals surface area contributed by atoms with E-state index in [0.29, 0.717) is 36.2 Å². The Kier molecular flexibility index (Phi) is 9.64. The molecule has 2 aromatic heterocycles. The van der Waals surface area contributed by atoms with Crippen molar-refractivity contribution in [1.29, 1.82) is 0 Å². The van der Waals surface area contributed by atoms with Crippen LogP contribution in [0.5, 0.6) is 5.88 Å². The van der Waals surface area contributed by atoms with Crippen molar-refractivity contribution in [3.8, 4) is 5.88 Å². The first-order valence-corrected chi connectivity index (χ1v) is 13.1. The maximum Gasteiger partial charge on any atom is 0.198 e. The van der Waals surface area contributed by atoms with Crippen molar-refractivity contribution in [2.75, 3.05) is 26.7 Å². The molecular formula is C28H42N6O3. The Morgan fingerprint density at radius 2 is 2.03 bits per heavy atom. The molecule has 4 rings (SSSR count). The number of aromatic hydroxyl groups is 1. The minimum absolute atomic E-state index is 0.0714. The molecule has 0 saturated carbocycles. The summed E-state index contributed by atoms with van der Waals surface area (Å²) in [6.07, 6.45) is 7.40. The number of carbonyl (C=O) groups is 1. The number of H-pyrrole nitrogens is 1. The molecule has 1 aliphatic heterocycles. The van der Waals surface area contributed by atoms with Gasteiger partial charge in [-0.25, -0.2) is 4.99 Å². The van der Waals surface area contributed by atoms with E-state index >= 15 is 0 Å². The van der Waals surface area contributed by atoms with Crippen molar-refractivity contribution in [3.63, 3.8) is 0 Å². The molecule has 0 atom stereocenters. The van der Waals surface area contributed by atoms with Crippen LogP contribution in [0.1, 0.15) is 75.8 Å². The normalized spacial score (nSPS) is 15.7. The average molecular weight is 511 g/mol. The average Bonchev–Trinajstić information content (AvgIpc) is 3.45. The molecule has 3 heterocycles. The maximum atomic E-state index is 11.2. The third-order valence-corrected chi connectivity index (χ3v) is 6.63. The van der Waals surface area contributed by atoms with Gasteiger partial charge in [-0.1, -0.05) is 6.92 Å². The SMILES string of the molecule is CCC(=Nc1cnn(C2CCN(C(C)C)CC2)c1)c1c(O)[nH]c2ccc(C=O)cc12.CNCC(C)(C)O. The largest absolute Gasteiger partial charge is 0.494 e. The Hall–Kier alpha value is -3.01. The fourth-order valence-electron chi connectivity index (χ4n) is 4.71. The zero-order valence-electron chi connectivity index (χ0n) is 23.0. The van der Waals surface area contributed by atoms with Gasteiger partial charge in [-0.05, 0) is 72.2 Å². The van der Waals surface area contributed by atoms with Crippen LogP contribution in [0.4, 0.5) is 5.69 Å². The fraction of sp³-hybridized carbons (Fsp3) is 0.536. The van der Waals surface area contributed by atoms with Gasteiger partial charge in [-0.3, -0.25) is 9.48 Å². The van der Waals surface area contributed by atoms with Gasteiger partial charge in [-0.2, -0.15) is 5.10 Å². The number of aromatic nitrogens is 3. The van der Waals surface area contributed by atoms with Gasteiger partial charge in [0, 0.05) is 42.1 Å². The van der Waals surface area contributed by atoms with Gasteiger partial charge in [0.15, 0.2) is 5.88 Å². The molecule has 4 N–H and O–H groups in total. The first-order valence-electron chi connectivity index (χ1n) is 13.1. The van der Waals surface area contributed by atoms with Gasteiger partial charge in [0.05, 0.1) is 35.3 Å². The molecule has 0 bridgehead atoms. The van der Waals surface area contributed by atoms with Crippen LogP contribution < -0.4 is 5.32 Å². The first kappa shape index (κ1) is 28.6. The lowest BCUT2D eigenvalue weighted by molar-refractivity contribution is 0.0821. The summed E-state index contributed by atoms with van der Waals surface area (Å²) in [5.74, 6) is 0.0714. The third-order valence-electron chi connectivity index (χ3n) is 6.63. The Labute approximate surface area is 219 Å². The van der Waals surface area contributed by atoms with E-state index < -0.39 is 5.60 Å². The van der Waals surface area contributed by atoms with Crippen molar-refractivity contribution >= 4 is 28.6 Å². The lowest BCUT2D eigenvalue weighted by Crippen LogP contribution is -2.39. The van der Waals surface area contributed by atoms with E-state index in [0.717, 1.165) is 54.5 Å². The molecule has 1 saturated heterocycles. The number of aromatic amines is 1. The summed E-state index contributed by atoms with van der Waals surface area (Å²) in [4.78, 5) is 21.5. The second-order valence-electron chi connectivity index (χ2n) is 10.6. The number of aliphatic hydroxyl groups is 1. The van der Waals surface area contributed by atoms with Crippen LogP contribution in [-0.2, 0) is 0 Å². The molecule has 1 aliphatic rings. The van der Waals surface area contributed by atoms with Crippen LogP contribution in [-0.4, -0.2) is 80.2 Å². The lowest BCUT2D eigenvalue weighted by Gasteiger charge is -2.34. The molecule has 0 amide bonds. The first-order chi connectivity index (χ1) is 17.6. The third kappa shape index (κ3) is 7.50. The molecule has 3 aromatic rings.